The highest BCUT2D eigenvalue weighted by molar-refractivity contribution is 6.11. The van der Waals surface area contributed by atoms with Crippen LogP contribution in [0, 0.1) is 0 Å². The fraction of sp³-hybridized carbons (Fsp3) is 0.208. The van der Waals surface area contributed by atoms with Gasteiger partial charge in [0, 0.05) is 17.7 Å². The summed E-state index contributed by atoms with van der Waals surface area (Å²) in [6.45, 7) is 2.68. The highest BCUT2D eigenvalue weighted by Gasteiger charge is 2.20. The fourth-order valence-electron chi connectivity index (χ4n) is 3.48. The number of hydrogen-bond acceptors (Lipinski definition) is 5. The van der Waals surface area contributed by atoms with Crippen molar-refractivity contribution in [3.8, 4) is 34.0 Å². The normalized spacial score (nSPS) is 10.9. The average molecular weight is 416 g/mol. The molecule has 31 heavy (non-hydrogen) atoms. The zero-order valence-corrected chi connectivity index (χ0v) is 17.5. The third kappa shape index (κ3) is 4.07. The van der Waals surface area contributed by atoms with Crippen LogP contribution in [0.3, 0.4) is 0 Å². The second-order valence-corrected chi connectivity index (χ2v) is 7.21. The van der Waals surface area contributed by atoms with Gasteiger partial charge in [-0.3, -0.25) is 9.89 Å². The lowest BCUT2D eigenvalue weighted by Crippen LogP contribution is -2.24. The predicted octanol–water partition coefficient (Wildman–Crippen LogP) is 4.54. The number of phenols is 1. The lowest BCUT2D eigenvalue weighted by molar-refractivity contribution is 0.0955. The monoisotopic (exact) mass is 416 g/mol. The van der Waals surface area contributed by atoms with Gasteiger partial charge in [-0.25, -0.2) is 4.98 Å². The van der Waals surface area contributed by atoms with Crippen LogP contribution >= 0.6 is 0 Å². The first kappa shape index (κ1) is 20.4. The summed E-state index contributed by atoms with van der Waals surface area (Å²) in [7, 11) is 1.49. The Morgan fingerprint density at radius 1 is 1.13 bits per heavy atom. The average Bonchev–Trinajstić information content (AvgIpc) is 3.23. The second-order valence-electron chi connectivity index (χ2n) is 7.21. The molecule has 1 amide bonds. The number of fused-ring (bicyclic) bond motifs is 1. The summed E-state index contributed by atoms with van der Waals surface area (Å²) in [5.41, 5.74) is 3.90. The lowest BCUT2D eigenvalue weighted by Gasteiger charge is -2.10. The molecule has 7 heteroatoms. The second kappa shape index (κ2) is 8.87. The number of rotatable bonds is 7. The molecule has 0 aliphatic heterocycles. The van der Waals surface area contributed by atoms with Crippen LogP contribution in [0.15, 0.2) is 54.6 Å². The molecule has 4 aromatic rings. The van der Waals surface area contributed by atoms with Gasteiger partial charge in [-0.1, -0.05) is 43.7 Å². The van der Waals surface area contributed by atoms with Crippen molar-refractivity contribution >= 4 is 16.9 Å². The Labute approximate surface area is 180 Å². The van der Waals surface area contributed by atoms with Gasteiger partial charge >= 0.3 is 0 Å². The number of amides is 1. The predicted molar refractivity (Wildman–Crippen MR) is 120 cm³/mol. The molecular formula is C24H24N4O3. The van der Waals surface area contributed by atoms with E-state index in [1.807, 2.05) is 30.3 Å². The summed E-state index contributed by atoms with van der Waals surface area (Å²) >= 11 is 0. The first-order valence-corrected chi connectivity index (χ1v) is 10.2. The van der Waals surface area contributed by atoms with Gasteiger partial charge in [0.15, 0.2) is 17.1 Å². The summed E-state index contributed by atoms with van der Waals surface area (Å²) in [4.78, 5) is 17.8. The number of aromatic nitrogens is 3. The van der Waals surface area contributed by atoms with E-state index in [0.29, 0.717) is 40.1 Å². The number of carbonyl (C=O) groups excluding carboxylic acids is 1. The van der Waals surface area contributed by atoms with Gasteiger partial charge in [0.2, 0.25) is 0 Å². The van der Waals surface area contributed by atoms with Crippen molar-refractivity contribution in [2.75, 3.05) is 13.7 Å². The summed E-state index contributed by atoms with van der Waals surface area (Å²) < 4.78 is 5.22. The molecule has 0 spiro atoms. The molecule has 2 aromatic heterocycles. The van der Waals surface area contributed by atoms with E-state index < -0.39 is 0 Å². The first-order chi connectivity index (χ1) is 15.1. The Balaban J connectivity index is 1.88. The van der Waals surface area contributed by atoms with Crippen LogP contribution in [-0.4, -0.2) is 39.8 Å². The molecule has 3 N–H and O–H groups in total. The van der Waals surface area contributed by atoms with Crippen molar-refractivity contribution in [3.05, 3.63) is 60.2 Å². The number of hydrogen-bond donors (Lipinski definition) is 3. The number of pyridine rings is 1. The molecule has 0 fully saturated rings. The zero-order chi connectivity index (χ0) is 21.8. The van der Waals surface area contributed by atoms with Crippen molar-refractivity contribution in [3.63, 3.8) is 0 Å². The summed E-state index contributed by atoms with van der Waals surface area (Å²) in [6, 6.07) is 16.5. The van der Waals surface area contributed by atoms with Gasteiger partial charge in [0.25, 0.3) is 5.91 Å². The van der Waals surface area contributed by atoms with E-state index in [9.17, 15) is 9.90 Å². The van der Waals surface area contributed by atoms with E-state index in [1.54, 1.807) is 24.3 Å². The molecule has 7 nitrogen and oxygen atoms in total. The van der Waals surface area contributed by atoms with Gasteiger partial charge in [0.1, 0.15) is 0 Å². The molecule has 0 saturated carbocycles. The molecule has 2 heterocycles. The first-order valence-electron chi connectivity index (χ1n) is 10.2. The van der Waals surface area contributed by atoms with Gasteiger partial charge in [-0.15, -0.1) is 0 Å². The maximum Gasteiger partial charge on any atom is 0.252 e. The quantitative estimate of drug-likeness (QED) is 0.384. The highest BCUT2D eigenvalue weighted by Crippen LogP contribution is 2.34. The van der Waals surface area contributed by atoms with Crippen LogP contribution in [0.4, 0.5) is 0 Å². The van der Waals surface area contributed by atoms with E-state index >= 15 is 0 Å². The number of H-pyrrole nitrogens is 1. The Hall–Kier alpha value is -3.87. The van der Waals surface area contributed by atoms with Gasteiger partial charge in [0.05, 0.1) is 29.4 Å². The molecule has 0 aliphatic carbocycles. The Morgan fingerprint density at radius 3 is 2.68 bits per heavy atom. The van der Waals surface area contributed by atoms with E-state index in [-0.39, 0.29) is 11.7 Å². The number of methoxy groups -OCH3 is 1. The summed E-state index contributed by atoms with van der Waals surface area (Å²) in [6.07, 6.45) is 1.89. The summed E-state index contributed by atoms with van der Waals surface area (Å²) in [5.74, 6) is 0.197. The Morgan fingerprint density at radius 2 is 1.94 bits per heavy atom. The van der Waals surface area contributed by atoms with Crippen LogP contribution in [0.1, 0.15) is 30.1 Å². The van der Waals surface area contributed by atoms with E-state index in [4.69, 9.17) is 4.74 Å². The SMILES string of the molecule is CCCCNC(=O)c1cc(-c2ccc(O)c(OC)c2)nc2n[nH]c(-c3ccccc3)c12. The maximum atomic E-state index is 13.1. The van der Waals surface area contributed by atoms with Crippen molar-refractivity contribution < 1.29 is 14.6 Å². The summed E-state index contributed by atoms with van der Waals surface area (Å²) in [5, 5.41) is 21.0. The van der Waals surface area contributed by atoms with Gasteiger partial charge in [-0.05, 0) is 30.7 Å². The Kier molecular flexibility index (Phi) is 5.84. The topological polar surface area (TPSA) is 100 Å². The van der Waals surface area contributed by atoms with Crippen LogP contribution in [0.5, 0.6) is 11.5 Å². The van der Waals surface area contributed by atoms with Gasteiger partial charge < -0.3 is 15.2 Å². The third-order valence-electron chi connectivity index (χ3n) is 5.12. The molecular weight excluding hydrogens is 392 g/mol. The highest BCUT2D eigenvalue weighted by atomic mass is 16.5. The number of aromatic hydroxyl groups is 1. The molecule has 2 aromatic carbocycles. The number of phenolic OH excluding ortho intramolecular Hbond substituents is 1. The zero-order valence-electron chi connectivity index (χ0n) is 17.5. The minimum Gasteiger partial charge on any atom is -0.504 e. The number of nitrogens with one attached hydrogen (secondary N) is 2. The van der Waals surface area contributed by atoms with Crippen LogP contribution in [0.2, 0.25) is 0 Å². The number of carbonyl (C=O) groups is 1. The number of nitrogens with zero attached hydrogens (tertiary/aromatic N) is 2. The van der Waals surface area contributed by atoms with Crippen molar-refractivity contribution in [1.82, 2.24) is 20.5 Å². The minimum atomic E-state index is -0.175. The maximum absolute atomic E-state index is 13.1. The van der Waals surface area contributed by atoms with Crippen molar-refractivity contribution in [2.45, 2.75) is 19.8 Å². The number of aromatic amines is 1. The van der Waals surface area contributed by atoms with Crippen LogP contribution in [-0.2, 0) is 0 Å². The van der Waals surface area contributed by atoms with E-state index in [2.05, 4.69) is 27.4 Å². The number of ether oxygens (including phenoxy) is 1. The van der Waals surface area contributed by atoms with Crippen molar-refractivity contribution in [2.24, 2.45) is 0 Å². The smallest absolute Gasteiger partial charge is 0.252 e. The van der Waals surface area contributed by atoms with E-state index in [1.165, 1.54) is 7.11 Å². The minimum absolute atomic E-state index is 0.0380. The molecule has 4 rings (SSSR count). The Bertz CT molecular complexity index is 1220. The molecule has 0 aliphatic rings. The number of benzene rings is 2. The molecule has 0 bridgehead atoms. The fourth-order valence-corrected chi connectivity index (χ4v) is 3.48. The molecule has 158 valence electrons. The van der Waals surface area contributed by atoms with Crippen LogP contribution < -0.4 is 10.1 Å². The molecule has 0 radical (unpaired) electrons. The molecule has 0 saturated heterocycles. The third-order valence-corrected chi connectivity index (χ3v) is 5.12. The van der Waals surface area contributed by atoms with Crippen LogP contribution in [0.25, 0.3) is 33.5 Å². The lowest BCUT2D eigenvalue weighted by atomic mass is 10.0. The standard InChI is InChI=1S/C24H24N4O3/c1-3-4-12-25-24(30)17-14-18(16-10-11-19(29)20(13-16)31-2)26-23-21(17)22(27-28-23)15-8-6-5-7-9-15/h5-11,13-14,29H,3-4,12H2,1-2H3,(H,25,30)(H,26,27,28). The van der Waals surface area contributed by atoms with Gasteiger partial charge in [-0.2, -0.15) is 5.10 Å². The largest absolute Gasteiger partial charge is 0.504 e. The molecule has 0 atom stereocenters. The molecule has 0 unspecified atom stereocenters. The van der Waals surface area contributed by atoms with E-state index in [0.717, 1.165) is 24.1 Å². The number of unbranched alkanes of at least 4 members (excludes halogenated alkanes) is 1. The van der Waals surface area contributed by atoms with Crippen molar-refractivity contribution in [1.29, 1.82) is 0 Å².